The predicted molar refractivity (Wildman–Crippen MR) is 129 cm³/mol. The van der Waals surface area contributed by atoms with E-state index in [1.165, 1.54) is 0 Å². The maximum Gasteiger partial charge on any atom is 0.227 e. The number of anilines is 1. The fourth-order valence-electron chi connectivity index (χ4n) is 3.79. The van der Waals surface area contributed by atoms with E-state index in [0.29, 0.717) is 41.2 Å². The van der Waals surface area contributed by atoms with Crippen LogP contribution >= 0.6 is 0 Å². The lowest BCUT2D eigenvalue weighted by Crippen LogP contribution is -2.05. The van der Waals surface area contributed by atoms with Gasteiger partial charge in [0.2, 0.25) is 11.8 Å². The van der Waals surface area contributed by atoms with Crippen molar-refractivity contribution in [2.45, 2.75) is 13.5 Å². The first-order chi connectivity index (χ1) is 16.6. The van der Waals surface area contributed by atoms with E-state index in [-0.39, 0.29) is 0 Å². The summed E-state index contributed by atoms with van der Waals surface area (Å²) in [6, 6.07) is 11.9. The Hall–Kier alpha value is -4.47. The SMILES string of the molecule is COc1ccc(-c2nc(NCc3ccc(-c4nc(C)cn4C)cc3)c3[nH]cnc3n2)c(OC)n1. The van der Waals surface area contributed by atoms with Gasteiger partial charge in [0.15, 0.2) is 17.3 Å². The second kappa shape index (κ2) is 8.81. The quantitative estimate of drug-likeness (QED) is 0.380. The third kappa shape index (κ3) is 4.01. The van der Waals surface area contributed by atoms with Crippen LogP contribution in [0.15, 0.2) is 48.9 Å². The molecule has 10 nitrogen and oxygen atoms in total. The number of hydrogen-bond donors (Lipinski definition) is 2. The molecule has 4 heterocycles. The largest absolute Gasteiger partial charge is 0.481 e. The number of aryl methyl sites for hydroxylation is 2. The minimum absolute atomic E-state index is 0.375. The molecule has 0 atom stereocenters. The van der Waals surface area contributed by atoms with Crippen LogP contribution < -0.4 is 14.8 Å². The third-order valence-electron chi connectivity index (χ3n) is 5.43. The first-order valence-corrected chi connectivity index (χ1v) is 10.7. The van der Waals surface area contributed by atoms with E-state index >= 15 is 0 Å². The predicted octanol–water partition coefficient (Wildman–Crippen LogP) is 3.75. The molecule has 0 aliphatic rings. The van der Waals surface area contributed by atoms with Crippen LogP contribution in [0.4, 0.5) is 5.82 Å². The molecule has 1 aromatic carbocycles. The van der Waals surface area contributed by atoms with Crippen molar-refractivity contribution >= 4 is 17.0 Å². The number of aromatic nitrogens is 7. The Labute approximate surface area is 196 Å². The topological polar surface area (TPSA) is 116 Å². The van der Waals surface area contributed by atoms with Gasteiger partial charge in [-0.15, -0.1) is 0 Å². The maximum atomic E-state index is 5.44. The number of H-pyrrole nitrogens is 1. The molecule has 4 aromatic heterocycles. The summed E-state index contributed by atoms with van der Waals surface area (Å²) >= 11 is 0. The van der Waals surface area contributed by atoms with E-state index in [0.717, 1.165) is 28.2 Å². The van der Waals surface area contributed by atoms with Gasteiger partial charge in [0.25, 0.3) is 0 Å². The summed E-state index contributed by atoms with van der Waals surface area (Å²) in [6.45, 7) is 2.56. The van der Waals surface area contributed by atoms with Crippen molar-refractivity contribution in [1.29, 1.82) is 0 Å². The molecule has 0 aliphatic heterocycles. The smallest absolute Gasteiger partial charge is 0.227 e. The van der Waals surface area contributed by atoms with Crippen LogP contribution in [0.25, 0.3) is 33.9 Å². The zero-order valence-electron chi connectivity index (χ0n) is 19.3. The molecule has 5 rings (SSSR count). The summed E-state index contributed by atoms with van der Waals surface area (Å²) < 4.78 is 12.7. The number of ether oxygens (including phenoxy) is 2. The zero-order valence-corrected chi connectivity index (χ0v) is 19.3. The van der Waals surface area contributed by atoms with Gasteiger partial charge < -0.3 is 24.3 Å². The summed E-state index contributed by atoms with van der Waals surface area (Å²) in [4.78, 5) is 25.7. The highest BCUT2D eigenvalue weighted by atomic mass is 16.5. The van der Waals surface area contributed by atoms with E-state index < -0.39 is 0 Å². The molecular weight excluding hydrogens is 432 g/mol. The first kappa shape index (κ1) is 21.4. The summed E-state index contributed by atoms with van der Waals surface area (Å²) in [5, 5.41) is 3.41. The monoisotopic (exact) mass is 456 g/mol. The fraction of sp³-hybridized carbons (Fsp3) is 0.208. The molecule has 0 unspecified atom stereocenters. The van der Waals surface area contributed by atoms with E-state index in [1.807, 2.05) is 30.8 Å². The minimum atomic E-state index is 0.375. The lowest BCUT2D eigenvalue weighted by atomic mass is 10.1. The molecule has 172 valence electrons. The van der Waals surface area contributed by atoms with Gasteiger partial charge >= 0.3 is 0 Å². The molecule has 0 radical (unpaired) electrons. The number of rotatable bonds is 7. The van der Waals surface area contributed by atoms with Crippen molar-refractivity contribution in [3.8, 4) is 34.5 Å². The van der Waals surface area contributed by atoms with Crippen molar-refractivity contribution < 1.29 is 9.47 Å². The van der Waals surface area contributed by atoms with E-state index in [1.54, 1.807) is 26.6 Å². The van der Waals surface area contributed by atoms with Crippen molar-refractivity contribution in [2.24, 2.45) is 7.05 Å². The Balaban J connectivity index is 1.42. The number of imidazole rings is 2. The highest BCUT2D eigenvalue weighted by Gasteiger charge is 2.16. The van der Waals surface area contributed by atoms with Crippen LogP contribution in [-0.2, 0) is 13.6 Å². The van der Waals surface area contributed by atoms with Crippen LogP contribution in [0.2, 0.25) is 0 Å². The lowest BCUT2D eigenvalue weighted by Gasteiger charge is -2.11. The average molecular weight is 457 g/mol. The molecule has 0 aliphatic carbocycles. The van der Waals surface area contributed by atoms with Gasteiger partial charge in [0.1, 0.15) is 11.3 Å². The van der Waals surface area contributed by atoms with Crippen molar-refractivity contribution in [3.63, 3.8) is 0 Å². The van der Waals surface area contributed by atoms with Gasteiger partial charge in [-0.2, -0.15) is 4.98 Å². The Kier molecular flexibility index (Phi) is 5.54. The Bertz CT molecular complexity index is 1460. The van der Waals surface area contributed by atoms with Crippen LogP contribution in [-0.4, -0.2) is 48.7 Å². The molecule has 0 bridgehead atoms. The average Bonchev–Trinajstić information content (AvgIpc) is 3.47. The van der Waals surface area contributed by atoms with Gasteiger partial charge in [-0.3, -0.25) is 0 Å². The summed E-state index contributed by atoms with van der Waals surface area (Å²) in [7, 11) is 5.10. The van der Waals surface area contributed by atoms with Gasteiger partial charge in [0.05, 0.1) is 31.8 Å². The van der Waals surface area contributed by atoms with E-state index in [9.17, 15) is 0 Å². The van der Waals surface area contributed by atoms with Crippen LogP contribution in [0.3, 0.4) is 0 Å². The molecule has 34 heavy (non-hydrogen) atoms. The second-order valence-corrected chi connectivity index (χ2v) is 7.77. The molecule has 0 saturated heterocycles. The van der Waals surface area contributed by atoms with E-state index in [2.05, 4.69) is 54.5 Å². The standard InChI is InChI=1S/C24H24N8O2/c1-14-12-32(2)23(28-14)16-7-5-15(6-8-16)11-25-21-19-22(27-13-26-19)31-20(30-21)17-9-10-18(33-3)29-24(17)34-4/h5-10,12-13H,11H2,1-4H3,(H2,25,26,27,30,31). The molecule has 0 amide bonds. The van der Waals surface area contributed by atoms with Crippen molar-refractivity contribution in [2.75, 3.05) is 19.5 Å². The third-order valence-corrected chi connectivity index (χ3v) is 5.43. The van der Waals surface area contributed by atoms with Gasteiger partial charge in [-0.05, 0) is 18.6 Å². The van der Waals surface area contributed by atoms with Crippen molar-refractivity contribution in [3.05, 3.63) is 60.2 Å². The number of pyridine rings is 1. The highest BCUT2D eigenvalue weighted by Crippen LogP contribution is 2.30. The highest BCUT2D eigenvalue weighted by molar-refractivity contribution is 5.85. The normalized spacial score (nSPS) is 11.1. The first-order valence-electron chi connectivity index (χ1n) is 10.7. The fourth-order valence-corrected chi connectivity index (χ4v) is 3.79. The van der Waals surface area contributed by atoms with Crippen molar-refractivity contribution in [1.82, 2.24) is 34.5 Å². The lowest BCUT2D eigenvalue weighted by molar-refractivity contribution is 0.365. The van der Waals surface area contributed by atoms with Crippen LogP contribution in [0.1, 0.15) is 11.3 Å². The van der Waals surface area contributed by atoms with Gasteiger partial charge in [0, 0.05) is 31.4 Å². The molecule has 0 saturated carbocycles. The summed E-state index contributed by atoms with van der Waals surface area (Å²) in [5.74, 6) is 2.86. The number of nitrogens with zero attached hydrogens (tertiary/aromatic N) is 6. The van der Waals surface area contributed by atoms with Gasteiger partial charge in [-0.1, -0.05) is 24.3 Å². The Morgan fingerprint density at radius 2 is 1.79 bits per heavy atom. The Morgan fingerprint density at radius 1 is 0.971 bits per heavy atom. The maximum absolute atomic E-state index is 5.44. The number of fused-ring (bicyclic) bond motifs is 1. The second-order valence-electron chi connectivity index (χ2n) is 7.77. The molecule has 0 spiro atoms. The number of benzene rings is 1. The molecular formula is C24H24N8O2. The Morgan fingerprint density at radius 3 is 2.50 bits per heavy atom. The zero-order chi connectivity index (χ0) is 23.7. The van der Waals surface area contributed by atoms with Crippen LogP contribution in [0, 0.1) is 6.92 Å². The summed E-state index contributed by atoms with van der Waals surface area (Å²) in [6.07, 6.45) is 3.61. The number of nitrogens with one attached hydrogen (secondary N) is 2. The molecule has 5 aromatic rings. The number of aromatic amines is 1. The van der Waals surface area contributed by atoms with E-state index in [4.69, 9.17) is 14.5 Å². The molecule has 10 heteroatoms. The number of hydrogen-bond acceptors (Lipinski definition) is 8. The molecule has 2 N–H and O–H groups in total. The van der Waals surface area contributed by atoms with Gasteiger partial charge in [-0.25, -0.2) is 19.9 Å². The minimum Gasteiger partial charge on any atom is -0.481 e. The number of methoxy groups -OCH3 is 2. The summed E-state index contributed by atoms with van der Waals surface area (Å²) in [5.41, 5.74) is 5.08. The molecule has 0 fully saturated rings. The van der Waals surface area contributed by atoms with Crippen LogP contribution in [0.5, 0.6) is 11.8 Å².